The van der Waals surface area contributed by atoms with Crippen molar-refractivity contribution in [3.8, 4) is 11.5 Å². The molecule has 19 heavy (non-hydrogen) atoms. The zero-order chi connectivity index (χ0) is 14.0. The molecule has 1 amide bonds. The molecule has 1 aromatic carbocycles. The molecule has 4 N–H and O–H groups in total. The van der Waals surface area contributed by atoms with Crippen molar-refractivity contribution in [2.24, 2.45) is 0 Å². The van der Waals surface area contributed by atoms with Crippen molar-refractivity contribution in [3.63, 3.8) is 0 Å². The number of pyridine rings is 1. The Labute approximate surface area is 109 Å². The Balaban J connectivity index is 2.34. The second kappa shape index (κ2) is 4.85. The van der Waals surface area contributed by atoms with Crippen LogP contribution < -0.4 is 10.6 Å². The topological polar surface area (TPSA) is 99.7 Å². The number of nitrogens with two attached hydrogens (primary N) is 1. The van der Waals surface area contributed by atoms with Gasteiger partial charge in [-0.3, -0.25) is 9.78 Å². The number of phenols is 2. The van der Waals surface area contributed by atoms with Gasteiger partial charge in [0.2, 0.25) is 0 Å². The highest BCUT2D eigenvalue weighted by atomic mass is 16.3. The third-order valence-corrected chi connectivity index (χ3v) is 2.72. The van der Waals surface area contributed by atoms with Crippen molar-refractivity contribution in [2.75, 3.05) is 17.7 Å². The molecular formula is C13H13N3O3. The van der Waals surface area contributed by atoms with Crippen LogP contribution in [0.4, 0.5) is 11.4 Å². The van der Waals surface area contributed by atoms with Crippen LogP contribution >= 0.6 is 0 Å². The summed E-state index contributed by atoms with van der Waals surface area (Å²) in [6, 6.07) is 5.50. The molecule has 0 atom stereocenters. The molecule has 0 fully saturated rings. The first-order chi connectivity index (χ1) is 9.00. The maximum Gasteiger partial charge on any atom is 0.258 e. The Kier molecular flexibility index (Phi) is 3.24. The van der Waals surface area contributed by atoms with Gasteiger partial charge in [-0.2, -0.15) is 0 Å². The van der Waals surface area contributed by atoms with Gasteiger partial charge >= 0.3 is 0 Å². The fraction of sp³-hybridized carbons (Fsp3) is 0.0769. The normalized spacial score (nSPS) is 10.2. The molecule has 2 aromatic rings. The number of aromatic nitrogens is 1. The summed E-state index contributed by atoms with van der Waals surface area (Å²) in [5, 5.41) is 18.6. The quantitative estimate of drug-likeness (QED) is 0.707. The number of hydrogen-bond acceptors (Lipinski definition) is 5. The van der Waals surface area contributed by atoms with Crippen LogP contribution in [0.3, 0.4) is 0 Å². The van der Waals surface area contributed by atoms with Gasteiger partial charge in [-0.25, -0.2) is 0 Å². The van der Waals surface area contributed by atoms with Gasteiger partial charge in [0.15, 0.2) is 11.5 Å². The smallest absolute Gasteiger partial charge is 0.258 e. The van der Waals surface area contributed by atoms with Gasteiger partial charge in [0.25, 0.3) is 5.91 Å². The van der Waals surface area contributed by atoms with Gasteiger partial charge in [0.1, 0.15) is 0 Å². The maximum atomic E-state index is 12.2. The highest BCUT2D eigenvalue weighted by molar-refractivity contribution is 6.07. The van der Waals surface area contributed by atoms with Gasteiger partial charge in [-0.15, -0.1) is 0 Å². The summed E-state index contributed by atoms with van der Waals surface area (Å²) < 4.78 is 0. The van der Waals surface area contributed by atoms with Crippen LogP contribution in [0.2, 0.25) is 0 Å². The molecule has 6 nitrogen and oxygen atoms in total. The third kappa shape index (κ3) is 2.42. The van der Waals surface area contributed by atoms with E-state index >= 15 is 0 Å². The molecule has 1 heterocycles. The van der Waals surface area contributed by atoms with Gasteiger partial charge < -0.3 is 20.8 Å². The summed E-state index contributed by atoms with van der Waals surface area (Å²) in [5.41, 5.74) is 6.89. The Morgan fingerprint density at radius 3 is 2.63 bits per heavy atom. The zero-order valence-corrected chi connectivity index (χ0v) is 10.2. The summed E-state index contributed by atoms with van der Waals surface area (Å²) in [6.45, 7) is 0. The van der Waals surface area contributed by atoms with Gasteiger partial charge in [0.05, 0.1) is 17.6 Å². The van der Waals surface area contributed by atoms with Crippen LogP contribution in [0.5, 0.6) is 11.5 Å². The minimum atomic E-state index is -0.354. The van der Waals surface area contributed by atoms with E-state index < -0.39 is 0 Å². The maximum absolute atomic E-state index is 12.2. The Bertz CT molecular complexity index is 628. The second-order valence-electron chi connectivity index (χ2n) is 4.00. The van der Waals surface area contributed by atoms with Crippen molar-refractivity contribution in [1.29, 1.82) is 0 Å². The Hall–Kier alpha value is -2.76. The van der Waals surface area contributed by atoms with E-state index in [-0.39, 0.29) is 23.0 Å². The van der Waals surface area contributed by atoms with E-state index in [9.17, 15) is 15.0 Å². The Morgan fingerprint density at radius 2 is 2.00 bits per heavy atom. The number of nitrogen functional groups attached to an aromatic ring is 1. The van der Waals surface area contributed by atoms with Gasteiger partial charge in [-0.05, 0) is 24.3 Å². The SMILES string of the molecule is CN(C(=O)c1ccc(O)c(O)c1)c1ccncc1N. The van der Waals surface area contributed by atoms with E-state index in [0.717, 1.165) is 0 Å². The fourth-order valence-electron chi connectivity index (χ4n) is 1.66. The second-order valence-corrected chi connectivity index (χ2v) is 4.00. The van der Waals surface area contributed by atoms with Crippen LogP contribution in [0.25, 0.3) is 0 Å². The summed E-state index contributed by atoms with van der Waals surface area (Å²) in [5.74, 6) is -0.974. The van der Waals surface area contributed by atoms with Crippen molar-refractivity contribution in [3.05, 3.63) is 42.2 Å². The van der Waals surface area contributed by atoms with E-state index in [0.29, 0.717) is 11.4 Å². The lowest BCUT2D eigenvalue weighted by Gasteiger charge is -2.19. The van der Waals surface area contributed by atoms with Crippen LogP contribution in [0.15, 0.2) is 36.7 Å². The molecular weight excluding hydrogens is 246 g/mol. The minimum absolute atomic E-state index is 0.244. The molecule has 98 valence electrons. The summed E-state index contributed by atoms with van der Waals surface area (Å²) >= 11 is 0. The molecule has 0 saturated heterocycles. The molecule has 0 bridgehead atoms. The van der Waals surface area contributed by atoms with E-state index in [1.165, 1.54) is 35.5 Å². The molecule has 1 aromatic heterocycles. The number of rotatable bonds is 2. The van der Waals surface area contributed by atoms with E-state index in [2.05, 4.69) is 4.98 Å². The largest absolute Gasteiger partial charge is 0.504 e. The predicted molar refractivity (Wildman–Crippen MR) is 71.2 cm³/mol. The van der Waals surface area contributed by atoms with Crippen LogP contribution in [0, 0.1) is 0 Å². The molecule has 2 rings (SSSR count). The molecule has 6 heteroatoms. The third-order valence-electron chi connectivity index (χ3n) is 2.72. The van der Waals surface area contributed by atoms with E-state index in [1.807, 2.05) is 0 Å². The lowest BCUT2D eigenvalue weighted by Crippen LogP contribution is -2.27. The lowest BCUT2D eigenvalue weighted by atomic mass is 10.1. The average molecular weight is 259 g/mol. The van der Waals surface area contributed by atoms with E-state index in [1.54, 1.807) is 13.1 Å². The number of phenolic OH excluding ortho intramolecular Hbond substituents is 2. The molecule has 0 radical (unpaired) electrons. The molecule has 0 spiro atoms. The van der Waals surface area contributed by atoms with E-state index in [4.69, 9.17) is 5.73 Å². The van der Waals surface area contributed by atoms with Crippen LogP contribution in [-0.4, -0.2) is 28.2 Å². The highest BCUT2D eigenvalue weighted by Crippen LogP contribution is 2.27. The number of amides is 1. The van der Waals surface area contributed by atoms with Crippen molar-refractivity contribution in [2.45, 2.75) is 0 Å². The number of carbonyl (C=O) groups is 1. The number of carbonyl (C=O) groups excluding carboxylic acids is 1. The summed E-state index contributed by atoms with van der Waals surface area (Å²) in [7, 11) is 1.57. The molecule has 0 aliphatic heterocycles. The van der Waals surface area contributed by atoms with Gasteiger partial charge in [0, 0.05) is 18.8 Å². The first-order valence-corrected chi connectivity index (χ1v) is 5.50. The lowest BCUT2D eigenvalue weighted by molar-refractivity contribution is 0.0992. The first-order valence-electron chi connectivity index (χ1n) is 5.50. The van der Waals surface area contributed by atoms with Crippen LogP contribution in [-0.2, 0) is 0 Å². The van der Waals surface area contributed by atoms with Crippen molar-refractivity contribution >= 4 is 17.3 Å². The van der Waals surface area contributed by atoms with Crippen LogP contribution in [0.1, 0.15) is 10.4 Å². The Morgan fingerprint density at radius 1 is 1.26 bits per heavy atom. The summed E-state index contributed by atoms with van der Waals surface area (Å²) in [6.07, 6.45) is 2.98. The van der Waals surface area contributed by atoms with Gasteiger partial charge in [-0.1, -0.05) is 0 Å². The molecule has 0 aliphatic rings. The predicted octanol–water partition coefficient (Wildman–Crippen LogP) is 1.35. The summed E-state index contributed by atoms with van der Waals surface area (Å²) in [4.78, 5) is 17.4. The van der Waals surface area contributed by atoms with Crippen molar-refractivity contribution in [1.82, 2.24) is 4.98 Å². The monoisotopic (exact) mass is 259 g/mol. The molecule has 0 aliphatic carbocycles. The van der Waals surface area contributed by atoms with Crippen molar-refractivity contribution < 1.29 is 15.0 Å². The number of benzene rings is 1. The number of nitrogens with zero attached hydrogens (tertiary/aromatic N) is 2. The molecule has 0 saturated carbocycles. The number of hydrogen-bond donors (Lipinski definition) is 3. The standard InChI is InChI=1S/C13H13N3O3/c1-16(10-4-5-15-7-9(10)14)13(19)8-2-3-11(17)12(18)6-8/h2-7,17-18H,14H2,1H3. The highest BCUT2D eigenvalue weighted by Gasteiger charge is 2.16. The zero-order valence-electron chi connectivity index (χ0n) is 10.2. The minimum Gasteiger partial charge on any atom is -0.504 e. The number of anilines is 2. The fourth-order valence-corrected chi connectivity index (χ4v) is 1.66. The first kappa shape index (κ1) is 12.7. The average Bonchev–Trinajstić information content (AvgIpc) is 2.41. The molecule has 0 unspecified atom stereocenters. The number of aromatic hydroxyl groups is 2.